The second kappa shape index (κ2) is 9.82. The molecular formula is C26H29F6N5O2S. The zero-order chi connectivity index (χ0) is 30.0. The van der Waals surface area contributed by atoms with Gasteiger partial charge in [0.25, 0.3) is 5.91 Å². The van der Waals surface area contributed by atoms with Gasteiger partial charge in [-0.2, -0.15) is 26.3 Å². The number of carbonyl (C=O) groups is 1. The Morgan fingerprint density at radius 3 is 2.17 bits per heavy atom. The zero-order valence-electron chi connectivity index (χ0n) is 22.7. The lowest BCUT2D eigenvalue weighted by Crippen LogP contribution is -2.51. The number of halogens is 6. The molecule has 0 radical (unpaired) electrons. The van der Waals surface area contributed by atoms with Gasteiger partial charge < -0.3 is 14.6 Å². The molecule has 3 aromatic rings. The minimum Gasteiger partial charge on any atom is -0.382 e. The Balaban J connectivity index is 1.89. The molecule has 1 fully saturated rings. The number of aliphatic hydroxyl groups is 1. The number of aryl methyl sites for hydroxylation is 1. The van der Waals surface area contributed by atoms with Crippen molar-refractivity contribution in [3.05, 3.63) is 40.8 Å². The Kier molecular flexibility index (Phi) is 7.36. The second-order valence-electron chi connectivity index (χ2n) is 10.8. The molecule has 1 N–H and O–H groups in total. The molecule has 0 spiro atoms. The molecule has 0 aliphatic carbocycles. The average Bonchev–Trinajstić information content (AvgIpc) is 3.54. The first-order valence-corrected chi connectivity index (χ1v) is 13.3. The monoisotopic (exact) mass is 589 g/mol. The number of nitrogens with zero attached hydrogens (tertiary/aromatic N) is 5. The van der Waals surface area contributed by atoms with Crippen molar-refractivity contribution in [2.24, 2.45) is 7.05 Å². The highest BCUT2D eigenvalue weighted by Gasteiger charge is 2.68. The van der Waals surface area contributed by atoms with Crippen LogP contribution in [0, 0.1) is 6.92 Å². The van der Waals surface area contributed by atoms with Crippen LogP contribution in [-0.2, 0) is 18.1 Å². The van der Waals surface area contributed by atoms with Crippen LogP contribution in [0.3, 0.4) is 0 Å². The number of likely N-dealkylation sites (tertiary alicyclic amines) is 1. The standard InChI is InChI=1S/C26H29F6N5O2S/c1-13-12-15(24(5,25(27,28)29)26(30,31)32)9-10-16(13)18-17(21(38)37-11-7-8-14(37)2)33-20(40-18)19-34-35-22(36(19)6)23(3,4)39/h9-10,12,14,39H,7-8,11H2,1-6H3/t14-/m0/s1. The molecule has 1 aliphatic heterocycles. The van der Waals surface area contributed by atoms with Crippen molar-refractivity contribution >= 4 is 17.2 Å². The Labute approximate surface area is 230 Å². The van der Waals surface area contributed by atoms with Crippen molar-refractivity contribution in [1.29, 1.82) is 0 Å². The van der Waals surface area contributed by atoms with E-state index in [4.69, 9.17) is 0 Å². The summed E-state index contributed by atoms with van der Waals surface area (Å²) in [7, 11) is 1.61. The van der Waals surface area contributed by atoms with Gasteiger partial charge in [0.15, 0.2) is 22.1 Å². The number of hydrogen-bond donors (Lipinski definition) is 1. The first-order chi connectivity index (χ1) is 18.3. The molecule has 40 heavy (non-hydrogen) atoms. The van der Waals surface area contributed by atoms with Crippen LogP contribution in [-0.4, -0.2) is 60.6 Å². The van der Waals surface area contributed by atoms with Gasteiger partial charge in [-0.1, -0.05) is 18.2 Å². The summed E-state index contributed by atoms with van der Waals surface area (Å²) >= 11 is 1.02. The summed E-state index contributed by atoms with van der Waals surface area (Å²) in [5.74, 6) is 0.0820. The predicted octanol–water partition coefficient (Wildman–Crippen LogP) is 6.15. The molecule has 14 heteroatoms. The van der Waals surface area contributed by atoms with Crippen LogP contribution >= 0.6 is 11.3 Å². The van der Waals surface area contributed by atoms with E-state index < -0.39 is 34.8 Å². The van der Waals surface area contributed by atoms with E-state index >= 15 is 0 Å². The maximum Gasteiger partial charge on any atom is 0.406 e. The number of amides is 1. The van der Waals surface area contributed by atoms with E-state index in [1.807, 2.05) is 6.92 Å². The summed E-state index contributed by atoms with van der Waals surface area (Å²) in [6.07, 6.45) is -9.60. The van der Waals surface area contributed by atoms with E-state index in [1.165, 1.54) is 31.4 Å². The Morgan fingerprint density at radius 2 is 1.70 bits per heavy atom. The van der Waals surface area contributed by atoms with Crippen LogP contribution in [0.25, 0.3) is 21.3 Å². The first-order valence-electron chi connectivity index (χ1n) is 12.5. The number of benzene rings is 1. The van der Waals surface area contributed by atoms with Gasteiger partial charge in [0.1, 0.15) is 11.3 Å². The molecular weight excluding hydrogens is 560 g/mol. The number of thiazole rings is 1. The molecule has 218 valence electrons. The van der Waals surface area contributed by atoms with Crippen LogP contribution in [0.15, 0.2) is 18.2 Å². The highest BCUT2D eigenvalue weighted by molar-refractivity contribution is 7.18. The largest absolute Gasteiger partial charge is 0.406 e. The van der Waals surface area contributed by atoms with Crippen molar-refractivity contribution in [2.75, 3.05) is 6.54 Å². The lowest BCUT2D eigenvalue weighted by Gasteiger charge is -2.34. The fraction of sp³-hybridized carbons (Fsp3) is 0.538. The van der Waals surface area contributed by atoms with Crippen molar-refractivity contribution < 1.29 is 36.2 Å². The summed E-state index contributed by atoms with van der Waals surface area (Å²) in [4.78, 5) is 20.1. The van der Waals surface area contributed by atoms with Gasteiger partial charge in [0, 0.05) is 19.6 Å². The number of carbonyl (C=O) groups excluding carboxylic acids is 1. The SMILES string of the molecule is Cc1cc(C(C)(C(F)(F)F)C(F)(F)F)ccc1-c1sc(-c2nnc(C(C)(C)O)n2C)nc1C(=O)N1CCC[C@@H]1C. The molecule has 7 nitrogen and oxygen atoms in total. The smallest absolute Gasteiger partial charge is 0.382 e. The second-order valence-corrected chi connectivity index (χ2v) is 11.8. The molecule has 3 heterocycles. The van der Waals surface area contributed by atoms with Gasteiger partial charge in [0.2, 0.25) is 0 Å². The van der Waals surface area contributed by atoms with Crippen LogP contribution in [0.1, 0.15) is 68.0 Å². The van der Waals surface area contributed by atoms with Gasteiger partial charge in [-0.3, -0.25) is 4.79 Å². The van der Waals surface area contributed by atoms with Crippen LogP contribution in [0.2, 0.25) is 0 Å². The summed E-state index contributed by atoms with van der Waals surface area (Å²) in [5, 5.41) is 18.8. The zero-order valence-corrected chi connectivity index (χ0v) is 23.5. The van der Waals surface area contributed by atoms with Crippen molar-refractivity contribution in [2.45, 2.75) is 76.9 Å². The van der Waals surface area contributed by atoms with Crippen molar-refractivity contribution in [3.8, 4) is 21.3 Å². The summed E-state index contributed by atoms with van der Waals surface area (Å²) in [5.41, 5.74) is -5.96. The summed E-state index contributed by atoms with van der Waals surface area (Å²) < 4.78 is 83.9. The normalized spacial score (nSPS) is 17.1. The van der Waals surface area contributed by atoms with E-state index in [-0.39, 0.29) is 51.3 Å². The number of rotatable bonds is 5. The maximum atomic E-state index is 13.7. The van der Waals surface area contributed by atoms with Crippen LogP contribution in [0.5, 0.6) is 0 Å². The van der Waals surface area contributed by atoms with Crippen molar-refractivity contribution in [3.63, 3.8) is 0 Å². The topological polar surface area (TPSA) is 84.1 Å². The number of aromatic nitrogens is 4. The van der Waals surface area contributed by atoms with Gasteiger partial charge in [-0.05, 0) is 64.2 Å². The Hall–Kier alpha value is -3.00. The first kappa shape index (κ1) is 30.0. The highest BCUT2D eigenvalue weighted by Crippen LogP contribution is 2.52. The molecule has 1 aromatic carbocycles. The minimum absolute atomic E-state index is 0.0202. The van der Waals surface area contributed by atoms with E-state index in [0.29, 0.717) is 6.54 Å². The van der Waals surface area contributed by atoms with E-state index in [0.717, 1.165) is 36.3 Å². The van der Waals surface area contributed by atoms with E-state index in [9.17, 15) is 36.2 Å². The molecule has 0 bridgehead atoms. The average molecular weight is 590 g/mol. The van der Waals surface area contributed by atoms with E-state index in [2.05, 4.69) is 15.2 Å². The number of hydrogen-bond acceptors (Lipinski definition) is 6. The quantitative estimate of drug-likeness (QED) is 0.361. The Morgan fingerprint density at radius 1 is 1.07 bits per heavy atom. The Bertz CT molecular complexity index is 1420. The van der Waals surface area contributed by atoms with Crippen LogP contribution in [0.4, 0.5) is 26.3 Å². The van der Waals surface area contributed by atoms with E-state index in [1.54, 1.807) is 11.9 Å². The van der Waals surface area contributed by atoms with Gasteiger partial charge in [0.05, 0.1) is 4.88 Å². The fourth-order valence-corrected chi connectivity index (χ4v) is 6.05. The third-order valence-electron chi connectivity index (χ3n) is 7.44. The molecule has 4 rings (SSSR count). The highest BCUT2D eigenvalue weighted by atomic mass is 32.1. The molecule has 2 aromatic heterocycles. The summed E-state index contributed by atoms with van der Waals surface area (Å²) in [6.45, 7) is 6.95. The van der Waals surface area contributed by atoms with Gasteiger partial charge in [-0.15, -0.1) is 21.5 Å². The van der Waals surface area contributed by atoms with Gasteiger partial charge >= 0.3 is 12.4 Å². The molecule has 1 saturated heterocycles. The molecule has 1 amide bonds. The molecule has 1 aliphatic rings. The molecule has 0 saturated carbocycles. The van der Waals surface area contributed by atoms with Crippen LogP contribution < -0.4 is 0 Å². The third-order valence-corrected chi connectivity index (χ3v) is 8.52. The molecule has 0 unspecified atom stereocenters. The lowest BCUT2D eigenvalue weighted by atomic mass is 9.79. The fourth-order valence-electron chi connectivity index (χ4n) is 4.88. The third kappa shape index (κ3) is 4.89. The lowest BCUT2D eigenvalue weighted by molar-refractivity contribution is -0.297. The number of alkyl halides is 6. The maximum absolute atomic E-state index is 13.7. The van der Waals surface area contributed by atoms with Crippen molar-refractivity contribution in [1.82, 2.24) is 24.6 Å². The minimum atomic E-state index is -5.59. The molecule has 1 atom stereocenters. The summed E-state index contributed by atoms with van der Waals surface area (Å²) in [6, 6.07) is 2.76. The van der Waals surface area contributed by atoms with Gasteiger partial charge in [-0.25, -0.2) is 4.98 Å². The predicted molar refractivity (Wildman–Crippen MR) is 137 cm³/mol.